The minimum Gasteiger partial charge on any atom is -0.426 e. The number of nitrogens with zero attached hydrogens (tertiary/aromatic N) is 1. The second-order valence-electron chi connectivity index (χ2n) is 8.72. The molecule has 0 N–H and O–H groups in total. The first-order chi connectivity index (χ1) is 14.1. The van der Waals surface area contributed by atoms with Crippen molar-refractivity contribution in [3.63, 3.8) is 0 Å². The van der Waals surface area contributed by atoms with Crippen LogP contribution in [0.25, 0.3) is 10.8 Å². The Morgan fingerprint density at radius 2 is 1.59 bits per heavy atom. The van der Waals surface area contributed by atoms with Crippen LogP contribution in [0.5, 0.6) is 5.75 Å². The minimum atomic E-state index is -0.431. The highest BCUT2D eigenvalue weighted by atomic mass is 16.5. The van der Waals surface area contributed by atoms with Crippen molar-refractivity contribution in [2.75, 3.05) is 6.54 Å². The Labute approximate surface area is 168 Å². The van der Waals surface area contributed by atoms with Gasteiger partial charge in [0, 0.05) is 6.54 Å². The molecule has 1 saturated heterocycles. The highest BCUT2D eigenvalue weighted by Crippen LogP contribution is 2.65. The molecule has 29 heavy (non-hydrogen) atoms. The van der Waals surface area contributed by atoms with Gasteiger partial charge in [0.2, 0.25) is 11.8 Å². The lowest BCUT2D eigenvalue weighted by Crippen LogP contribution is -2.40. The summed E-state index contributed by atoms with van der Waals surface area (Å²) in [4.78, 5) is 39.5. The molecule has 2 aromatic carbocycles. The van der Waals surface area contributed by atoms with Gasteiger partial charge in [-0.1, -0.05) is 42.5 Å². The lowest BCUT2D eigenvalue weighted by atomic mass is 9.63. The van der Waals surface area contributed by atoms with Crippen LogP contribution in [0.3, 0.4) is 0 Å². The van der Waals surface area contributed by atoms with Crippen LogP contribution in [0.1, 0.15) is 12.8 Å². The summed E-state index contributed by atoms with van der Waals surface area (Å²) in [5, 5.41) is 2.07. The van der Waals surface area contributed by atoms with Crippen LogP contribution in [0.2, 0.25) is 0 Å². The van der Waals surface area contributed by atoms with E-state index in [0.717, 1.165) is 17.2 Å². The van der Waals surface area contributed by atoms with E-state index < -0.39 is 5.97 Å². The van der Waals surface area contributed by atoms with E-state index in [0.29, 0.717) is 17.6 Å². The van der Waals surface area contributed by atoms with Crippen molar-refractivity contribution in [1.29, 1.82) is 0 Å². The molecule has 146 valence electrons. The zero-order valence-electron chi connectivity index (χ0n) is 15.9. The van der Waals surface area contributed by atoms with Gasteiger partial charge in [0.05, 0.1) is 18.3 Å². The molecule has 0 unspecified atom stereocenters. The standard InChI is InChI=1S/C24H21NO4/c26-20(29-15-6-5-13-3-1-2-4-14(13)11-15)9-10-25-23(27)21-16-7-8-17(19-12-18(16)19)22(21)24(25)28/h1-8,11,16-19,21-22H,9-10,12H2/t16-,17-,18-,19-,21-,22+/m1/s1. The Hall–Kier alpha value is -2.95. The number of esters is 1. The number of carbonyl (C=O) groups is 3. The topological polar surface area (TPSA) is 63.7 Å². The number of amides is 2. The molecule has 5 aliphatic rings. The van der Waals surface area contributed by atoms with Crippen molar-refractivity contribution in [2.24, 2.45) is 35.5 Å². The fraction of sp³-hybridized carbons (Fsp3) is 0.375. The lowest BCUT2D eigenvalue weighted by molar-refractivity contribution is -0.141. The molecular formula is C24H21NO4. The van der Waals surface area contributed by atoms with Crippen molar-refractivity contribution >= 4 is 28.6 Å². The Bertz CT molecular complexity index is 1050. The maximum Gasteiger partial charge on any atom is 0.312 e. The van der Waals surface area contributed by atoms with E-state index in [1.807, 2.05) is 36.4 Å². The maximum atomic E-state index is 12.9. The third-order valence-electron chi connectivity index (χ3n) is 7.25. The summed E-state index contributed by atoms with van der Waals surface area (Å²) in [5.41, 5.74) is 0. The predicted octanol–water partition coefficient (Wildman–Crippen LogP) is 3.19. The molecule has 3 fully saturated rings. The third kappa shape index (κ3) is 2.49. The zero-order valence-corrected chi connectivity index (χ0v) is 15.9. The summed E-state index contributed by atoms with van der Waals surface area (Å²) in [6, 6.07) is 13.3. The molecule has 2 amide bonds. The Morgan fingerprint density at radius 3 is 2.28 bits per heavy atom. The molecule has 1 heterocycles. The van der Waals surface area contributed by atoms with Gasteiger partial charge < -0.3 is 4.74 Å². The van der Waals surface area contributed by atoms with Crippen molar-refractivity contribution in [2.45, 2.75) is 12.8 Å². The van der Waals surface area contributed by atoms with E-state index in [1.54, 1.807) is 6.07 Å². The van der Waals surface area contributed by atoms with Gasteiger partial charge in [0.15, 0.2) is 0 Å². The van der Waals surface area contributed by atoms with Crippen LogP contribution in [0.15, 0.2) is 54.6 Å². The van der Waals surface area contributed by atoms with Crippen LogP contribution >= 0.6 is 0 Å². The van der Waals surface area contributed by atoms with Crippen LogP contribution in [-0.2, 0) is 14.4 Å². The summed E-state index contributed by atoms with van der Waals surface area (Å²) < 4.78 is 5.45. The van der Waals surface area contributed by atoms with Gasteiger partial charge in [-0.25, -0.2) is 0 Å². The van der Waals surface area contributed by atoms with Gasteiger partial charge in [-0.2, -0.15) is 0 Å². The van der Waals surface area contributed by atoms with Gasteiger partial charge in [-0.15, -0.1) is 0 Å². The first-order valence-electron chi connectivity index (χ1n) is 10.3. The zero-order chi connectivity index (χ0) is 19.7. The molecule has 5 heteroatoms. The number of rotatable bonds is 4. The quantitative estimate of drug-likeness (QED) is 0.350. The molecule has 5 nitrogen and oxygen atoms in total. The first kappa shape index (κ1) is 17.0. The Kier molecular flexibility index (Phi) is 3.52. The van der Waals surface area contributed by atoms with Gasteiger partial charge in [-0.3, -0.25) is 19.3 Å². The molecule has 1 aliphatic heterocycles. The normalized spacial score (nSPS) is 33.7. The first-order valence-corrected chi connectivity index (χ1v) is 10.3. The van der Waals surface area contributed by atoms with Crippen LogP contribution in [-0.4, -0.2) is 29.2 Å². The van der Waals surface area contributed by atoms with Crippen molar-refractivity contribution in [3.8, 4) is 5.75 Å². The maximum absolute atomic E-state index is 12.9. The molecular weight excluding hydrogens is 366 g/mol. The number of carbonyl (C=O) groups excluding carboxylic acids is 3. The minimum absolute atomic E-state index is 0.0133. The number of likely N-dealkylation sites (tertiary alicyclic amines) is 1. The number of imide groups is 1. The molecule has 0 aromatic heterocycles. The number of fused-ring (bicyclic) bond motifs is 1. The van der Waals surface area contributed by atoms with E-state index in [-0.39, 0.29) is 48.5 Å². The molecule has 0 spiro atoms. The number of allylic oxidation sites excluding steroid dienone is 2. The van der Waals surface area contributed by atoms with E-state index >= 15 is 0 Å². The van der Waals surface area contributed by atoms with Gasteiger partial charge >= 0.3 is 5.97 Å². The van der Waals surface area contributed by atoms with E-state index in [4.69, 9.17) is 4.74 Å². The Morgan fingerprint density at radius 1 is 0.931 bits per heavy atom. The SMILES string of the molecule is O=C(CCN1C(=O)[C@@H]2[C@@H]3C=C[C@H]([C@H]4C[C@H]34)[C@@H]2C1=O)Oc1ccc2ccccc2c1. The van der Waals surface area contributed by atoms with Crippen LogP contribution in [0.4, 0.5) is 0 Å². The molecule has 2 bridgehead atoms. The van der Waals surface area contributed by atoms with E-state index in [9.17, 15) is 14.4 Å². The molecule has 6 atom stereocenters. The second-order valence-corrected chi connectivity index (χ2v) is 8.72. The smallest absolute Gasteiger partial charge is 0.312 e. The van der Waals surface area contributed by atoms with Crippen molar-refractivity contribution < 1.29 is 19.1 Å². The summed E-state index contributed by atoms with van der Waals surface area (Å²) in [6.45, 7) is 0.103. The van der Waals surface area contributed by atoms with Crippen LogP contribution in [0, 0.1) is 35.5 Å². The fourth-order valence-corrected chi connectivity index (χ4v) is 5.86. The molecule has 0 radical (unpaired) electrons. The van der Waals surface area contributed by atoms with Gasteiger partial charge in [-0.05, 0) is 53.0 Å². The summed E-state index contributed by atoms with van der Waals surface area (Å²) in [5.74, 6) is 1.02. The fourth-order valence-electron chi connectivity index (χ4n) is 5.86. The Balaban J connectivity index is 1.13. The van der Waals surface area contributed by atoms with Crippen LogP contribution < -0.4 is 4.74 Å². The molecule has 2 saturated carbocycles. The van der Waals surface area contributed by atoms with E-state index in [2.05, 4.69) is 12.2 Å². The number of hydrogen-bond donors (Lipinski definition) is 0. The predicted molar refractivity (Wildman–Crippen MR) is 106 cm³/mol. The number of ether oxygens (including phenoxy) is 1. The largest absolute Gasteiger partial charge is 0.426 e. The van der Waals surface area contributed by atoms with Gasteiger partial charge in [0.1, 0.15) is 5.75 Å². The second kappa shape index (κ2) is 6.02. The van der Waals surface area contributed by atoms with Crippen molar-refractivity contribution in [1.82, 2.24) is 4.90 Å². The highest BCUT2D eigenvalue weighted by molar-refractivity contribution is 6.06. The molecule has 7 rings (SSSR count). The average Bonchev–Trinajstić information content (AvgIpc) is 3.51. The average molecular weight is 387 g/mol. The summed E-state index contributed by atoms with van der Waals surface area (Å²) in [7, 11) is 0. The van der Waals surface area contributed by atoms with E-state index in [1.165, 1.54) is 4.90 Å². The van der Waals surface area contributed by atoms with Gasteiger partial charge in [0.25, 0.3) is 0 Å². The molecule has 4 aliphatic carbocycles. The highest BCUT2D eigenvalue weighted by Gasteiger charge is 2.66. The lowest BCUT2D eigenvalue weighted by Gasteiger charge is -2.37. The summed E-state index contributed by atoms with van der Waals surface area (Å²) >= 11 is 0. The third-order valence-corrected chi connectivity index (χ3v) is 7.25. The monoisotopic (exact) mass is 387 g/mol. The molecule has 2 aromatic rings. The van der Waals surface area contributed by atoms with Crippen molar-refractivity contribution in [3.05, 3.63) is 54.6 Å². The number of hydrogen-bond acceptors (Lipinski definition) is 4. The number of benzene rings is 2. The summed E-state index contributed by atoms with van der Waals surface area (Å²) in [6.07, 6.45) is 5.47.